The number of fused-ring (bicyclic) bond motifs is 1. The smallest absolute Gasteiger partial charge is 0.341 e. The molecule has 0 radical (unpaired) electrons. The van der Waals surface area contributed by atoms with E-state index in [-0.39, 0.29) is 11.9 Å². The van der Waals surface area contributed by atoms with E-state index in [1.54, 1.807) is 19.1 Å². The monoisotopic (exact) mass is 369 g/mol. The van der Waals surface area contributed by atoms with Crippen molar-refractivity contribution in [3.05, 3.63) is 37.4 Å². The third-order valence-electron chi connectivity index (χ3n) is 3.67. The number of hydrogen-bond donors (Lipinski definition) is 1. The Labute approximate surface area is 147 Å². The van der Waals surface area contributed by atoms with Crippen molar-refractivity contribution in [3.8, 4) is 0 Å². The number of aryl methyl sites for hydroxylation is 1. The van der Waals surface area contributed by atoms with Crippen LogP contribution in [0.5, 0.6) is 0 Å². The van der Waals surface area contributed by atoms with E-state index >= 15 is 0 Å². The topological polar surface area (TPSA) is 55.4 Å². The standard InChI is InChI=1S/C16H16ClNO3S2/c1-2-21-16(20)13-9-5-3-4-6-10(9)23-15(13)18-14(19)11-7-8-12(17)22-11/h7-8H,2-6H2,1H3,(H,18,19). The number of hydrogen-bond acceptors (Lipinski definition) is 5. The van der Waals surface area contributed by atoms with Crippen LogP contribution < -0.4 is 5.32 Å². The second-order valence-corrected chi connectivity index (χ2v) is 8.01. The van der Waals surface area contributed by atoms with Crippen LogP contribution in [0, 0.1) is 0 Å². The van der Waals surface area contributed by atoms with E-state index in [2.05, 4.69) is 5.32 Å². The molecule has 0 atom stereocenters. The van der Waals surface area contributed by atoms with E-state index in [0.717, 1.165) is 31.2 Å². The van der Waals surface area contributed by atoms with Gasteiger partial charge in [-0.2, -0.15) is 0 Å². The van der Waals surface area contributed by atoms with Crippen LogP contribution >= 0.6 is 34.3 Å². The molecule has 0 fully saturated rings. The lowest BCUT2D eigenvalue weighted by Gasteiger charge is -2.12. The largest absolute Gasteiger partial charge is 0.462 e. The minimum atomic E-state index is -0.355. The Morgan fingerprint density at radius 2 is 2.04 bits per heavy atom. The molecule has 0 aliphatic heterocycles. The maximum atomic E-state index is 12.4. The fourth-order valence-electron chi connectivity index (χ4n) is 2.67. The lowest BCUT2D eigenvalue weighted by atomic mass is 9.95. The molecule has 1 aliphatic rings. The molecule has 3 rings (SSSR count). The first-order valence-electron chi connectivity index (χ1n) is 7.48. The van der Waals surface area contributed by atoms with Crippen LogP contribution in [0.1, 0.15) is 50.2 Å². The Morgan fingerprint density at radius 3 is 2.74 bits per heavy atom. The summed E-state index contributed by atoms with van der Waals surface area (Å²) in [6.45, 7) is 2.10. The molecule has 0 unspecified atom stereocenters. The normalized spacial score (nSPS) is 13.5. The highest BCUT2D eigenvalue weighted by atomic mass is 35.5. The fraction of sp³-hybridized carbons (Fsp3) is 0.375. The van der Waals surface area contributed by atoms with Crippen LogP contribution in [0.3, 0.4) is 0 Å². The van der Waals surface area contributed by atoms with Crippen molar-refractivity contribution in [2.24, 2.45) is 0 Å². The molecule has 0 saturated heterocycles. The maximum Gasteiger partial charge on any atom is 0.341 e. The van der Waals surface area contributed by atoms with E-state index in [1.807, 2.05) is 0 Å². The highest BCUT2D eigenvalue weighted by Crippen LogP contribution is 2.39. The number of halogens is 1. The average Bonchev–Trinajstić information content (AvgIpc) is 3.10. The van der Waals surface area contributed by atoms with Gasteiger partial charge in [0, 0.05) is 4.88 Å². The number of rotatable bonds is 4. The molecule has 2 aromatic rings. The Balaban J connectivity index is 1.93. The minimum absolute atomic E-state index is 0.244. The zero-order valence-electron chi connectivity index (χ0n) is 12.6. The van der Waals surface area contributed by atoms with Crippen LogP contribution in [-0.4, -0.2) is 18.5 Å². The number of carbonyl (C=O) groups excluding carboxylic acids is 2. The number of ether oxygens (including phenoxy) is 1. The fourth-order valence-corrected chi connectivity index (χ4v) is 4.88. The molecule has 2 aromatic heterocycles. The van der Waals surface area contributed by atoms with E-state index in [9.17, 15) is 9.59 Å². The van der Waals surface area contributed by atoms with Gasteiger partial charge in [0.05, 0.1) is 21.4 Å². The van der Waals surface area contributed by atoms with Gasteiger partial charge in [-0.15, -0.1) is 22.7 Å². The van der Waals surface area contributed by atoms with Gasteiger partial charge in [0.15, 0.2) is 0 Å². The lowest BCUT2D eigenvalue weighted by Crippen LogP contribution is -2.15. The molecule has 1 N–H and O–H groups in total. The Hall–Kier alpha value is -1.37. The first kappa shape index (κ1) is 16.5. The number of amides is 1. The predicted octanol–water partition coefficient (Wildman–Crippen LogP) is 4.77. The SMILES string of the molecule is CCOC(=O)c1c(NC(=O)c2ccc(Cl)s2)sc2c1CCCC2. The third-order valence-corrected chi connectivity index (χ3v) is 6.11. The van der Waals surface area contributed by atoms with E-state index < -0.39 is 0 Å². The molecule has 0 saturated carbocycles. The first-order valence-corrected chi connectivity index (χ1v) is 9.49. The quantitative estimate of drug-likeness (QED) is 0.789. The molecule has 4 nitrogen and oxygen atoms in total. The molecular weight excluding hydrogens is 354 g/mol. The summed E-state index contributed by atoms with van der Waals surface area (Å²) in [5.74, 6) is -0.600. The van der Waals surface area contributed by atoms with Crippen molar-refractivity contribution in [3.63, 3.8) is 0 Å². The van der Waals surface area contributed by atoms with Crippen molar-refractivity contribution < 1.29 is 14.3 Å². The minimum Gasteiger partial charge on any atom is -0.462 e. The number of esters is 1. The van der Waals surface area contributed by atoms with E-state index in [1.165, 1.54) is 27.6 Å². The van der Waals surface area contributed by atoms with E-state index in [0.29, 0.717) is 26.4 Å². The van der Waals surface area contributed by atoms with Crippen LogP contribution in [0.4, 0.5) is 5.00 Å². The van der Waals surface area contributed by atoms with Gasteiger partial charge in [-0.1, -0.05) is 11.6 Å². The summed E-state index contributed by atoms with van der Waals surface area (Å²) in [6.07, 6.45) is 3.99. The predicted molar refractivity (Wildman–Crippen MR) is 94.2 cm³/mol. The molecule has 23 heavy (non-hydrogen) atoms. The lowest BCUT2D eigenvalue weighted by molar-refractivity contribution is 0.0526. The van der Waals surface area contributed by atoms with Crippen LogP contribution in [0.2, 0.25) is 4.34 Å². The molecular formula is C16H16ClNO3S2. The maximum absolute atomic E-state index is 12.4. The molecule has 2 heterocycles. The number of nitrogens with one attached hydrogen (secondary N) is 1. The van der Waals surface area contributed by atoms with Gasteiger partial charge < -0.3 is 10.1 Å². The van der Waals surface area contributed by atoms with E-state index in [4.69, 9.17) is 16.3 Å². The molecule has 0 spiro atoms. The number of thiophene rings is 2. The van der Waals surface area contributed by atoms with Crippen molar-refractivity contribution in [1.29, 1.82) is 0 Å². The van der Waals surface area contributed by atoms with Crippen molar-refractivity contribution >= 4 is 51.2 Å². The zero-order chi connectivity index (χ0) is 16.4. The summed E-state index contributed by atoms with van der Waals surface area (Å²) in [5, 5.41) is 3.46. The molecule has 7 heteroatoms. The first-order chi connectivity index (χ1) is 11.1. The highest BCUT2D eigenvalue weighted by Gasteiger charge is 2.27. The van der Waals surface area contributed by atoms with Gasteiger partial charge >= 0.3 is 5.97 Å². The van der Waals surface area contributed by atoms with Gasteiger partial charge in [0.2, 0.25) is 0 Å². The molecule has 0 aromatic carbocycles. The summed E-state index contributed by atoms with van der Waals surface area (Å²) < 4.78 is 5.74. The highest BCUT2D eigenvalue weighted by molar-refractivity contribution is 7.18. The zero-order valence-corrected chi connectivity index (χ0v) is 15.0. The van der Waals surface area contributed by atoms with Crippen LogP contribution in [-0.2, 0) is 17.6 Å². The molecule has 122 valence electrons. The van der Waals surface area contributed by atoms with Gasteiger partial charge in [0.1, 0.15) is 5.00 Å². The summed E-state index contributed by atoms with van der Waals surface area (Å²) >= 11 is 8.58. The number of anilines is 1. The van der Waals surface area contributed by atoms with Gasteiger partial charge in [-0.25, -0.2) is 4.79 Å². The van der Waals surface area contributed by atoms with Crippen LogP contribution in [0.15, 0.2) is 12.1 Å². The average molecular weight is 370 g/mol. The molecule has 1 aliphatic carbocycles. The molecule has 0 bridgehead atoms. The number of carbonyl (C=O) groups is 2. The Kier molecular flexibility index (Phi) is 5.04. The Bertz CT molecular complexity index is 751. The van der Waals surface area contributed by atoms with Crippen molar-refractivity contribution in [2.45, 2.75) is 32.6 Å². The van der Waals surface area contributed by atoms with Crippen LogP contribution in [0.25, 0.3) is 0 Å². The van der Waals surface area contributed by atoms with Gasteiger partial charge in [-0.3, -0.25) is 4.79 Å². The second-order valence-electron chi connectivity index (χ2n) is 5.19. The van der Waals surface area contributed by atoms with Crippen molar-refractivity contribution in [2.75, 3.05) is 11.9 Å². The third kappa shape index (κ3) is 3.44. The van der Waals surface area contributed by atoms with Gasteiger partial charge in [-0.05, 0) is 50.3 Å². The summed E-state index contributed by atoms with van der Waals surface area (Å²) in [4.78, 5) is 26.4. The van der Waals surface area contributed by atoms with Gasteiger partial charge in [0.25, 0.3) is 5.91 Å². The Morgan fingerprint density at radius 1 is 1.26 bits per heavy atom. The summed E-state index contributed by atoms with van der Waals surface area (Å²) in [6, 6.07) is 3.37. The summed E-state index contributed by atoms with van der Waals surface area (Å²) in [5.41, 5.74) is 1.57. The molecule has 1 amide bonds. The van der Waals surface area contributed by atoms with Crippen molar-refractivity contribution in [1.82, 2.24) is 0 Å². The second kappa shape index (κ2) is 7.03. The summed E-state index contributed by atoms with van der Waals surface area (Å²) in [7, 11) is 0.